The van der Waals surface area contributed by atoms with Crippen molar-refractivity contribution in [3.63, 3.8) is 0 Å². The molecule has 0 saturated heterocycles. The van der Waals surface area contributed by atoms with Crippen LogP contribution in [-0.2, 0) is 6.54 Å². The third kappa shape index (κ3) is 4.13. The zero-order valence-corrected chi connectivity index (χ0v) is 14.8. The molecular weight excluding hydrogens is 352 g/mol. The monoisotopic (exact) mass is 368 g/mol. The van der Waals surface area contributed by atoms with Gasteiger partial charge in [0.2, 0.25) is 0 Å². The SMILES string of the molecule is Cc1ccc(C(=O)NCc2ccccc2Cl)cc1NC(=O)c1ccco1. The molecule has 5 nitrogen and oxygen atoms in total. The Hall–Kier alpha value is -3.05. The largest absolute Gasteiger partial charge is 0.459 e. The average molecular weight is 369 g/mol. The molecule has 3 rings (SSSR count). The normalized spacial score (nSPS) is 10.4. The summed E-state index contributed by atoms with van der Waals surface area (Å²) in [5, 5.41) is 6.19. The number of carbonyl (C=O) groups excluding carboxylic acids is 2. The summed E-state index contributed by atoms with van der Waals surface area (Å²) in [5.41, 5.74) is 2.67. The Morgan fingerprint density at radius 1 is 1.04 bits per heavy atom. The smallest absolute Gasteiger partial charge is 0.291 e. The van der Waals surface area contributed by atoms with Crippen molar-refractivity contribution in [1.82, 2.24) is 5.32 Å². The Kier molecular flexibility index (Phi) is 5.39. The van der Waals surface area contributed by atoms with Crippen molar-refractivity contribution in [3.8, 4) is 0 Å². The van der Waals surface area contributed by atoms with Crippen LogP contribution < -0.4 is 10.6 Å². The number of hydrogen-bond acceptors (Lipinski definition) is 3. The van der Waals surface area contributed by atoms with Gasteiger partial charge in [-0.2, -0.15) is 0 Å². The van der Waals surface area contributed by atoms with Crippen molar-refractivity contribution < 1.29 is 14.0 Å². The van der Waals surface area contributed by atoms with Crippen molar-refractivity contribution in [3.05, 3.63) is 88.3 Å². The van der Waals surface area contributed by atoms with Crippen LogP contribution in [0.15, 0.2) is 65.3 Å². The number of nitrogens with one attached hydrogen (secondary N) is 2. The Morgan fingerprint density at radius 3 is 2.58 bits per heavy atom. The second kappa shape index (κ2) is 7.89. The molecule has 2 N–H and O–H groups in total. The van der Waals surface area contributed by atoms with Crippen LogP contribution >= 0.6 is 11.6 Å². The lowest BCUT2D eigenvalue weighted by molar-refractivity contribution is 0.0949. The van der Waals surface area contributed by atoms with Crippen molar-refractivity contribution in [2.75, 3.05) is 5.32 Å². The van der Waals surface area contributed by atoms with Gasteiger partial charge in [-0.05, 0) is 48.4 Å². The molecule has 0 fully saturated rings. The summed E-state index contributed by atoms with van der Waals surface area (Å²) in [7, 11) is 0. The second-order valence-electron chi connectivity index (χ2n) is 5.74. The molecule has 1 aromatic heterocycles. The highest BCUT2D eigenvalue weighted by atomic mass is 35.5. The van der Waals surface area contributed by atoms with E-state index in [0.29, 0.717) is 22.8 Å². The zero-order chi connectivity index (χ0) is 18.5. The first kappa shape index (κ1) is 17.8. The van der Waals surface area contributed by atoms with Crippen LogP contribution in [0.2, 0.25) is 5.02 Å². The standard InChI is InChI=1S/C20H17ClN2O3/c1-13-8-9-14(11-17(13)23-20(25)18-7-4-10-26-18)19(24)22-12-15-5-2-3-6-16(15)21/h2-11H,12H2,1H3,(H,22,24)(H,23,25). The summed E-state index contributed by atoms with van der Waals surface area (Å²) in [6.45, 7) is 2.17. The van der Waals surface area contributed by atoms with Gasteiger partial charge in [0.25, 0.3) is 11.8 Å². The van der Waals surface area contributed by atoms with E-state index in [4.69, 9.17) is 16.0 Å². The molecule has 0 aliphatic rings. The Bertz CT molecular complexity index is 936. The summed E-state index contributed by atoms with van der Waals surface area (Å²) in [6.07, 6.45) is 1.43. The van der Waals surface area contributed by atoms with E-state index in [1.165, 1.54) is 6.26 Å². The quantitative estimate of drug-likeness (QED) is 0.700. The number of anilines is 1. The van der Waals surface area contributed by atoms with Gasteiger partial charge >= 0.3 is 0 Å². The number of hydrogen-bond donors (Lipinski definition) is 2. The van der Waals surface area contributed by atoms with Gasteiger partial charge in [-0.3, -0.25) is 9.59 Å². The number of aryl methyl sites for hydroxylation is 1. The van der Waals surface area contributed by atoms with Crippen LogP contribution in [0.1, 0.15) is 32.0 Å². The van der Waals surface area contributed by atoms with Crippen molar-refractivity contribution in [2.24, 2.45) is 0 Å². The van der Waals surface area contributed by atoms with Crippen LogP contribution in [0.3, 0.4) is 0 Å². The van der Waals surface area contributed by atoms with Gasteiger partial charge in [0, 0.05) is 22.8 Å². The molecule has 0 aliphatic carbocycles. The summed E-state index contributed by atoms with van der Waals surface area (Å²) >= 11 is 6.10. The van der Waals surface area contributed by atoms with E-state index in [9.17, 15) is 9.59 Å². The molecule has 1 heterocycles. The minimum Gasteiger partial charge on any atom is -0.459 e. The molecule has 26 heavy (non-hydrogen) atoms. The van der Waals surface area contributed by atoms with Crippen molar-refractivity contribution >= 4 is 29.1 Å². The molecule has 0 atom stereocenters. The molecule has 0 aliphatic heterocycles. The van der Waals surface area contributed by atoms with Crippen LogP contribution in [0, 0.1) is 6.92 Å². The first-order chi connectivity index (χ1) is 12.5. The number of carbonyl (C=O) groups is 2. The first-order valence-electron chi connectivity index (χ1n) is 8.01. The number of amides is 2. The van der Waals surface area contributed by atoms with Gasteiger partial charge in [0.1, 0.15) is 0 Å². The number of halogens is 1. The van der Waals surface area contributed by atoms with Crippen molar-refractivity contribution in [1.29, 1.82) is 0 Å². The van der Waals surface area contributed by atoms with Gasteiger partial charge in [-0.15, -0.1) is 0 Å². The van der Waals surface area contributed by atoms with Gasteiger partial charge < -0.3 is 15.1 Å². The fraction of sp³-hybridized carbons (Fsp3) is 0.100. The predicted octanol–water partition coefficient (Wildman–Crippen LogP) is 4.42. The van der Waals surface area contributed by atoms with E-state index in [-0.39, 0.29) is 17.6 Å². The Balaban J connectivity index is 1.71. The van der Waals surface area contributed by atoms with E-state index in [2.05, 4.69) is 10.6 Å². The molecule has 132 valence electrons. The maximum atomic E-state index is 12.4. The minimum atomic E-state index is -0.369. The lowest BCUT2D eigenvalue weighted by Crippen LogP contribution is -2.23. The van der Waals surface area contributed by atoms with Gasteiger partial charge in [0.15, 0.2) is 5.76 Å². The molecule has 6 heteroatoms. The predicted molar refractivity (Wildman–Crippen MR) is 100 cm³/mol. The molecule has 0 radical (unpaired) electrons. The summed E-state index contributed by atoms with van der Waals surface area (Å²) in [5.74, 6) is -0.414. The fourth-order valence-electron chi connectivity index (χ4n) is 2.41. The van der Waals surface area contributed by atoms with Gasteiger partial charge in [-0.25, -0.2) is 0 Å². The number of rotatable bonds is 5. The highest BCUT2D eigenvalue weighted by molar-refractivity contribution is 6.31. The summed E-state index contributed by atoms with van der Waals surface area (Å²) < 4.78 is 5.08. The van der Waals surface area contributed by atoms with E-state index in [0.717, 1.165) is 11.1 Å². The molecule has 0 saturated carbocycles. The Labute approximate surface area is 156 Å². The number of furan rings is 1. The van der Waals surface area contributed by atoms with Crippen LogP contribution in [-0.4, -0.2) is 11.8 Å². The maximum absolute atomic E-state index is 12.4. The van der Waals surface area contributed by atoms with Crippen LogP contribution in [0.4, 0.5) is 5.69 Å². The van der Waals surface area contributed by atoms with Crippen LogP contribution in [0.5, 0.6) is 0 Å². The fourth-order valence-corrected chi connectivity index (χ4v) is 2.61. The Morgan fingerprint density at radius 2 is 1.85 bits per heavy atom. The molecule has 0 bridgehead atoms. The second-order valence-corrected chi connectivity index (χ2v) is 6.14. The van der Waals surface area contributed by atoms with Crippen LogP contribution in [0.25, 0.3) is 0 Å². The average Bonchev–Trinajstić information content (AvgIpc) is 3.17. The van der Waals surface area contributed by atoms with Gasteiger partial charge in [-0.1, -0.05) is 35.9 Å². The lowest BCUT2D eigenvalue weighted by atomic mass is 10.1. The van der Waals surface area contributed by atoms with E-state index in [1.54, 1.807) is 36.4 Å². The third-order valence-corrected chi connectivity index (χ3v) is 4.26. The molecule has 2 amide bonds. The van der Waals surface area contributed by atoms with Crippen molar-refractivity contribution in [2.45, 2.75) is 13.5 Å². The lowest BCUT2D eigenvalue weighted by Gasteiger charge is -2.11. The maximum Gasteiger partial charge on any atom is 0.291 e. The molecule has 0 spiro atoms. The van der Waals surface area contributed by atoms with E-state index < -0.39 is 0 Å². The minimum absolute atomic E-state index is 0.206. The molecule has 3 aromatic rings. The summed E-state index contributed by atoms with van der Waals surface area (Å²) in [6, 6.07) is 15.7. The molecule has 2 aromatic carbocycles. The summed E-state index contributed by atoms with van der Waals surface area (Å²) in [4.78, 5) is 24.6. The van der Waals surface area contributed by atoms with E-state index >= 15 is 0 Å². The number of benzene rings is 2. The topological polar surface area (TPSA) is 71.3 Å². The molecular formula is C20H17ClN2O3. The highest BCUT2D eigenvalue weighted by Crippen LogP contribution is 2.19. The first-order valence-corrected chi connectivity index (χ1v) is 8.39. The zero-order valence-electron chi connectivity index (χ0n) is 14.1. The highest BCUT2D eigenvalue weighted by Gasteiger charge is 2.13. The van der Waals surface area contributed by atoms with Gasteiger partial charge in [0.05, 0.1) is 6.26 Å². The third-order valence-electron chi connectivity index (χ3n) is 3.89. The molecule has 0 unspecified atom stereocenters. The van der Waals surface area contributed by atoms with E-state index in [1.807, 2.05) is 25.1 Å².